The number of hydrogen-bond donors (Lipinski definition) is 2. The number of nitrogens with one attached hydrogen (secondary N) is 1. The minimum Gasteiger partial charge on any atom is -0.496 e. The van der Waals surface area contributed by atoms with Crippen LogP contribution < -0.4 is 10.5 Å². The molecule has 18 heavy (non-hydrogen) atoms. The van der Waals surface area contributed by atoms with Crippen molar-refractivity contribution in [1.82, 2.24) is 9.97 Å². The van der Waals surface area contributed by atoms with E-state index in [4.69, 9.17) is 10.5 Å². The van der Waals surface area contributed by atoms with Gasteiger partial charge in [-0.05, 0) is 25.1 Å². The standard InChI is InChI=1S/C13H16BrN3O/c1-8(15)5-13-16-7-11(17-13)10-6-9(14)3-4-12(10)18-2/h3-4,6-8H,5,15H2,1-2H3,(H,16,17). The van der Waals surface area contributed by atoms with E-state index in [0.29, 0.717) is 0 Å². The zero-order valence-electron chi connectivity index (χ0n) is 10.4. The van der Waals surface area contributed by atoms with Crippen LogP contribution in [-0.2, 0) is 6.42 Å². The quantitative estimate of drug-likeness (QED) is 0.912. The third-order valence-corrected chi connectivity index (χ3v) is 3.09. The van der Waals surface area contributed by atoms with Crippen molar-refractivity contribution in [2.75, 3.05) is 7.11 Å². The minimum absolute atomic E-state index is 0.0911. The van der Waals surface area contributed by atoms with Crippen molar-refractivity contribution >= 4 is 15.9 Å². The van der Waals surface area contributed by atoms with E-state index in [1.54, 1.807) is 7.11 Å². The average molecular weight is 310 g/mol. The molecule has 0 saturated heterocycles. The first kappa shape index (κ1) is 13.1. The normalized spacial score (nSPS) is 12.4. The van der Waals surface area contributed by atoms with Crippen molar-refractivity contribution in [1.29, 1.82) is 0 Å². The lowest BCUT2D eigenvalue weighted by atomic mass is 10.1. The molecule has 1 heterocycles. The number of aromatic amines is 1. The molecular formula is C13H16BrN3O. The Bertz CT molecular complexity index is 537. The molecular weight excluding hydrogens is 294 g/mol. The molecule has 0 fully saturated rings. The lowest BCUT2D eigenvalue weighted by Gasteiger charge is -2.07. The Morgan fingerprint density at radius 2 is 2.28 bits per heavy atom. The fourth-order valence-electron chi connectivity index (χ4n) is 1.80. The van der Waals surface area contributed by atoms with Gasteiger partial charge in [0, 0.05) is 22.5 Å². The number of rotatable bonds is 4. The van der Waals surface area contributed by atoms with E-state index >= 15 is 0 Å². The van der Waals surface area contributed by atoms with Crippen LogP contribution in [0.1, 0.15) is 12.7 Å². The summed E-state index contributed by atoms with van der Waals surface area (Å²) in [6.07, 6.45) is 2.54. The molecule has 1 aromatic heterocycles. The second-order valence-corrected chi connectivity index (χ2v) is 5.19. The molecule has 0 bridgehead atoms. The predicted molar refractivity (Wildman–Crippen MR) is 75.6 cm³/mol. The van der Waals surface area contributed by atoms with Crippen molar-refractivity contribution in [2.45, 2.75) is 19.4 Å². The van der Waals surface area contributed by atoms with E-state index in [9.17, 15) is 0 Å². The SMILES string of the molecule is COc1ccc(Br)cc1-c1cnc(CC(C)N)[nH]1. The molecule has 4 nitrogen and oxygen atoms in total. The summed E-state index contributed by atoms with van der Waals surface area (Å²) in [5.74, 6) is 1.70. The van der Waals surface area contributed by atoms with Gasteiger partial charge >= 0.3 is 0 Å². The highest BCUT2D eigenvalue weighted by Gasteiger charge is 2.10. The third-order valence-electron chi connectivity index (χ3n) is 2.60. The third kappa shape index (κ3) is 2.91. The van der Waals surface area contributed by atoms with Crippen molar-refractivity contribution in [3.8, 4) is 17.0 Å². The first-order chi connectivity index (χ1) is 8.60. The number of nitrogens with two attached hydrogens (primary N) is 1. The molecule has 2 aromatic rings. The summed E-state index contributed by atoms with van der Waals surface area (Å²) in [5, 5.41) is 0. The van der Waals surface area contributed by atoms with Crippen molar-refractivity contribution in [3.63, 3.8) is 0 Å². The van der Waals surface area contributed by atoms with Crippen LogP contribution in [0.15, 0.2) is 28.9 Å². The second-order valence-electron chi connectivity index (χ2n) is 4.27. The van der Waals surface area contributed by atoms with Crippen LogP contribution >= 0.6 is 15.9 Å². The van der Waals surface area contributed by atoms with Gasteiger partial charge in [0.15, 0.2) is 0 Å². The minimum atomic E-state index is 0.0911. The molecule has 0 aliphatic carbocycles. The molecule has 0 spiro atoms. The molecule has 0 radical (unpaired) electrons. The van der Waals surface area contributed by atoms with E-state index in [1.807, 2.05) is 31.3 Å². The average Bonchev–Trinajstić information content (AvgIpc) is 2.76. The van der Waals surface area contributed by atoms with Gasteiger partial charge in [0.25, 0.3) is 0 Å². The summed E-state index contributed by atoms with van der Waals surface area (Å²) in [7, 11) is 1.66. The Kier molecular flexibility index (Phi) is 4.04. The van der Waals surface area contributed by atoms with Crippen LogP contribution in [0.4, 0.5) is 0 Å². The lowest BCUT2D eigenvalue weighted by molar-refractivity contribution is 0.416. The lowest BCUT2D eigenvalue weighted by Crippen LogP contribution is -2.18. The van der Waals surface area contributed by atoms with Gasteiger partial charge in [-0.2, -0.15) is 0 Å². The van der Waals surface area contributed by atoms with E-state index in [1.165, 1.54) is 0 Å². The summed E-state index contributed by atoms with van der Waals surface area (Å²) < 4.78 is 6.35. The van der Waals surface area contributed by atoms with Gasteiger partial charge in [-0.15, -0.1) is 0 Å². The van der Waals surface area contributed by atoms with Gasteiger partial charge in [-0.3, -0.25) is 0 Å². The van der Waals surface area contributed by atoms with Crippen LogP contribution in [-0.4, -0.2) is 23.1 Å². The molecule has 96 valence electrons. The number of imidazole rings is 1. The number of benzene rings is 1. The smallest absolute Gasteiger partial charge is 0.128 e. The largest absolute Gasteiger partial charge is 0.496 e. The molecule has 0 saturated carbocycles. The van der Waals surface area contributed by atoms with Crippen LogP contribution in [0.2, 0.25) is 0 Å². The zero-order chi connectivity index (χ0) is 13.1. The van der Waals surface area contributed by atoms with Gasteiger partial charge in [0.05, 0.1) is 19.0 Å². The number of halogens is 1. The van der Waals surface area contributed by atoms with E-state index < -0.39 is 0 Å². The molecule has 0 aliphatic rings. The fourth-order valence-corrected chi connectivity index (χ4v) is 2.16. The van der Waals surface area contributed by atoms with E-state index in [0.717, 1.165) is 33.7 Å². The van der Waals surface area contributed by atoms with Crippen LogP contribution in [0.3, 0.4) is 0 Å². The molecule has 1 atom stereocenters. The number of methoxy groups -OCH3 is 1. The maximum atomic E-state index is 5.76. The monoisotopic (exact) mass is 309 g/mol. The van der Waals surface area contributed by atoms with E-state index in [-0.39, 0.29) is 6.04 Å². The Labute approximate surface area is 115 Å². The highest BCUT2D eigenvalue weighted by Crippen LogP contribution is 2.31. The fraction of sp³-hybridized carbons (Fsp3) is 0.308. The summed E-state index contributed by atoms with van der Waals surface area (Å²) >= 11 is 3.46. The number of aromatic nitrogens is 2. The molecule has 5 heteroatoms. The number of H-pyrrole nitrogens is 1. The first-order valence-corrected chi connectivity index (χ1v) is 6.53. The Morgan fingerprint density at radius 1 is 1.50 bits per heavy atom. The summed E-state index contributed by atoms with van der Waals surface area (Å²) in [4.78, 5) is 7.60. The zero-order valence-corrected chi connectivity index (χ0v) is 12.0. The maximum absolute atomic E-state index is 5.76. The number of hydrogen-bond acceptors (Lipinski definition) is 3. The molecule has 3 N–H and O–H groups in total. The highest BCUT2D eigenvalue weighted by atomic mass is 79.9. The van der Waals surface area contributed by atoms with Crippen molar-refractivity contribution < 1.29 is 4.74 Å². The summed E-state index contributed by atoms with van der Waals surface area (Å²) in [6, 6.07) is 5.96. The topological polar surface area (TPSA) is 63.9 Å². The maximum Gasteiger partial charge on any atom is 0.128 e. The van der Waals surface area contributed by atoms with Gasteiger partial charge in [-0.1, -0.05) is 15.9 Å². The Balaban J connectivity index is 2.36. The molecule has 0 aliphatic heterocycles. The highest BCUT2D eigenvalue weighted by molar-refractivity contribution is 9.10. The summed E-state index contributed by atoms with van der Waals surface area (Å²) in [6.45, 7) is 1.96. The van der Waals surface area contributed by atoms with Crippen LogP contribution in [0.5, 0.6) is 5.75 Å². The molecule has 1 unspecified atom stereocenters. The van der Waals surface area contributed by atoms with Crippen LogP contribution in [0, 0.1) is 0 Å². The van der Waals surface area contributed by atoms with Crippen molar-refractivity contribution in [2.24, 2.45) is 5.73 Å². The number of ether oxygens (including phenoxy) is 1. The van der Waals surface area contributed by atoms with Crippen LogP contribution in [0.25, 0.3) is 11.3 Å². The predicted octanol–water partition coefficient (Wildman–Crippen LogP) is 2.74. The summed E-state index contributed by atoms with van der Waals surface area (Å²) in [5.41, 5.74) is 7.68. The Morgan fingerprint density at radius 3 is 2.94 bits per heavy atom. The van der Waals surface area contributed by atoms with Gasteiger partial charge < -0.3 is 15.5 Å². The van der Waals surface area contributed by atoms with Gasteiger partial charge in [0.2, 0.25) is 0 Å². The van der Waals surface area contributed by atoms with Gasteiger partial charge in [-0.25, -0.2) is 4.98 Å². The van der Waals surface area contributed by atoms with Crippen molar-refractivity contribution in [3.05, 3.63) is 34.7 Å². The molecule has 1 aromatic carbocycles. The molecule has 2 rings (SSSR count). The second kappa shape index (κ2) is 5.54. The Hall–Kier alpha value is -1.33. The molecule has 0 amide bonds. The first-order valence-electron chi connectivity index (χ1n) is 5.73. The van der Waals surface area contributed by atoms with E-state index in [2.05, 4.69) is 25.9 Å². The van der Waals surface area contributed by atoms with Gasteiger partial charge in [0.1, 0.15) is 11.6 Å². The number of nitrogens with zero attached hydrogens (tertiary/aromatic N) is 1.